The van der Waals surface area contributed by atoms with Gasteiger partial charge >= 0.3 is 0 Å². The number of nitrogens with two attached hydrogens (primary N) is 3. The molecule has 0 heterocycles. The second kappa shape index (κ2) is 8.51. The minimum absolute atomic E-state index is 0.299. The van der Waals surface area contributed by atoms with Gasteiger partial charge in [0.15, 0.2) is 0 Å². The average Bonchev–Trinajstić information content (AvgIpc) is 2.39. The van der Waals surface area contributed by atoms with Crippen molar-refractivity contribution in [1.29, 1.82) is 0 Å². The molecule has 3 atom stereocenters. The van der Waals surface area contributed by atoms with Gasteiger partial charge in [-0.3, -0.25) is 0 Å². The normalized spacial score (nSPS) is 17.9. The number of allylic oxidation sites excluding steroid dienone is 4. The second-order valence-corrected chi connectivity index (χ2v) is 5.83. The Morgan fingerprint density at radius 1 is 1.15 bits per heavy atom. The van der Waals surface area contributed by atoms with Crippen molar-refractivity contribution in [3.05, 3.63) is 48.0 Å². The van der Waals surface area contributed by atoms with Crippen molar-refractivity contribution < 1.29 is 0 Å². The minimum Gasteiger partial charge on any atom is -0.403 e. The first-order chi connectivity index (χ1) is 9.20. The van der Waals surface area contributed by atoms with Crippen LogP contribution in [0.1, 0.15) is 40.5 Å². The third kappa shape index (κ3) is 6.00. The molecule has 3 unspecified atom stereocenters. The van der Waals surface area contributed by atoms with Crippen molar-refractivity contribution in [2.75, 3.05) is 0 Å². The standard InChI is InChI=1S/C17H31N3/c1-7-11(2)13(4)10-16(17(20)15(6)19)12(3)8-9-14(5)18/h7,9,11-13H,1,6,8,10,18-20H2,2-5H3/b14-9-,17-16+. The van der Waals surface area contributed by atoms with Crippen molar-refractivity contribution in [1.82, 2.24) is 0 Å². The molecule has 0 saturated heterocycles. The zero-order valence-electron chi connectivity index (χ0n) is 13.4. The van der Waals surface area contributed by atoms with Gasteiger partial charge in [-0.05, 0) is 43.1 Å². The molecule has 0 aromatic rings. The largest absolute Gasteiger partial charge is 0.403 e. The van der Waals surface area contributed by atoms with E-state index >= 15 is 0 Å². The average molecular weight is 277 g/mol. The van der Waals surface area contributed by atoms with E-state index in [0.29, 0.717) is 29.1 Å². The Labute approximate surface area is 124 Å². The van der Waals surface area contributed by atoms with Crippen LogP contribution in [0.2, 0.25) is 0 Å². The van der Waals surface area contributed by atoms with Crippen molar-refractivity contribution in [3.63, 3.8) is 0 Å². The molecule has 0 aromatic heterocycles. The Morgan fingerprint density at radius 3 is 2.10 bits per heavy atom. The molecule has 0 aliphatic heterocycles. The van der Waals surface area contributed by atoms with Crippen molar-refractivity contribution in [3.8, 4) is 0 Å². The number of hydrogen-bond acceptors (Lipinski definition) is 3. The fourth-order valence-corrected chi connectivity index (χ4v) is 2.05. The van der Waals surface area contributed by atoms with E-state index in [1.807, 2.05) is 19.1 Å². The first kappa shape index (κ1) is 18.4. The highest BCUT2D eigenvalue weighted by atomic mass is 14.7. The van der Waals surface area contributed by atoms with E-state index in [1.165, 1.54) is 0 Å². The maximum atomic E-state index is 6.14. The van der Waals surface area contributed by atoms with Gasteiger partial charge in [0.25, 0.3) is 0 Å². The van der Waals surface area contributed by atoms with Crippen LogP contribution < -0.4 is 17.2 Å². The molecular weight excluding hydrogens is 246 g/mol. The lowest BCUT2D eigenvalue weighted by Crippen LogP contribution is -2.18. The van der Waals surface area contributed by atoms with Gasteiger partial charge < -0.3 is 17.2 Å². The van der Waals surface area contributed by atoms with Gasteiger partial charge in [-0.1, -0.05) is 39.5 Å². The van der Waals surface area contributed by atoms with E-state index in [0.717, 1.165) is 24.1 Å². The SMILES string of the molecule is C=CC(C)C(C)C/C(=C(\N)C(=C)N)C(C)C/C=C(/C)N. The summed E-state index contributed by atoms with van der Waals surface area (Å²) in [6.45, 7) is 16.0. The van der Waals surface area contributed by atoms with E-state index in [1.54, 1.807) is 0 Å². The molecule has 6 N–H and O–H groups in total. The van der Waals surface area contributed by atoms with Crippen LogP contribution in [0.4, 0.5) is 0 Å². The maximum Gasteiger partial charge on any atom is 0.0536 e. The molecule has 3 heteroatoms. The first-order valence-electron chi connectivity index (χ1n) is 7.18. The van der Waals surface area contributed by atoms with Crippen molar-refractivity contribution in [2.24, 2.45) is 35.0 Å². The summed E-state index contributed by atoms with van der Waals surface area (Å²) in [4.78, 5) is 0. The molecule has 114 valence electrons. The lowest BCUT2D eigenvalue weighted by Gasteiger charge is -2.24. The van der Waals surface area contributed by atoms with Crippen LogP contribution >= 0.6 is 0 Å². The van der Waals surface area contributed by atoms with Crippen molar-refractivity contribution in [2.45, 2.75) is 40.5 Å². The van der Waals surface area contributed by atoms with Gasteiger partial charge in [0.2, 0.25) is 0 Å². The highest BCUT2D eigenvalue weighted by molar-refractivity contribution is 5.30. The van der Waals surface area contributed by atoms with Crippen LogP contribution in [0.5, 0.6) is 0 Å². The third-order valence-electron chi connectivity index (χ3n) is 3.89. The molecule has 0 saturated carbocycles. The van der Waals surface area contributed by atoms with Gasteiger partial charge in [0.1, 0.15) is 0 Å². The van der Waals surface area contributed by atoms with E-state index in [9.17, 15) is 0 Å². The first-order valence-corrected chi connectivity index (χ1v) is 7.18. The predicted octanol–water partition coefficient (Wildman–Crippen LogP) is 3.41. The van der Waals surface area contributed by atoms with E-state index in [-0.39, 0.29) is 0 Å². The minimum atomic E-state index is 0.299. The van der Waals surface area contributed by atoms with Crippen LogP contribution in [-0.4, -0.2) is 0 Å². The Morgan fingerprint density at radius 2 is 1.70 bits per heavy atom. The molecule has 0 bridgehead atoms. The zero-order valence-corrected chi connectivity index (χ0v) is 13.4. The third-order valence-corrected chi connectivity index (χ3v) is 3.89. The Kier molecular flexibility index (Phi) is 7.82. The smallest absolute Gasteiger partial charge is 0.0536 e. The summed E-state index contributed by atoms with van der Waals surface area (Å²) in [7, 11) is 0. The molecular formula is C17H31N3. The van der Waals surface area contributed by atoms with Gasteiger partial charge in [-0.2, -0.15) is 0 Å². The molecule has 3 nitrogen and oxygen atoms in total. The topological polar surface area (TPSA) is 78.1 Å². The molecule has 0 radical (unpaired) electrons. The van der Waals surface area contributed by atoms with E-state index in [2.05, 4.69) is 33.9 Å². The second-order valence-electron chi connectivity index (χ2n) is 5.83. The molecule has 20 heavy (non-hydrogen) atoms. The van der Waals surface area contributed by atoms with Crippen LogP contribution in [0.25, 0.3) is 0 Å². The van der Waals surface area contributed by atoms with E-state index < -0.39 is 0 Å². The number of hydrogen-bond donors (Lipinski definition) is 3. The summed E-state index contributed by atoms with van der Waals surface area (Å²) in [6, 6.07) is 0. The summed E-state index contributed by atoms with van der Waals surface area (Å²) in [5, 5.41) is 0. The van der Waals surface area contributed by atoms with Crippen LogP contribution in [0.15, 0.2) is 48.0 Å². The van der Waals surface area contributed by atoms with Gasteiger partial charge in [-0.25, -0.2) is 0 Å². The molecule has 0 aliphatic rings. The Balaban J connectivity index is 5.21. The Hall–Kier alpha value is -1.64. The molecule has 0 fully saturated rings. The molecule has 0 spiro atoms. The lowest BCUT2D eigenvalue weighted by atomic mass is 9.83. The monoisotopic (exact) mass is 277 g/mol. The van der Waals surface area contributed by atoms with Crippen LogP contribution in [-0.2, 0) is 0 Å². The Bertz CT molecular complexity index is 400. The number of rotatable bonds is 8. The molecule has 0 rings (SSSR count). The summed E-state index contributed by atoms with van der Waals surface area (Å²) in [5.41, 5.74) is 20.7. The van der Waals surface area contributed by atoms with Crippen molar-refractivity contribution >= 4 is 0 Å². The summed E-state index contributed by atoms with van der Waals surface area (Å²) in [6.07, 6.45) is 5.76. The highest BCUT2D eigenvalue weighted by Gasteiger charge is 2.18. The molecule has 0 aromatic carbocycles. The van der Waals surface area contributed by atoms with Gasteiger partial charge in [-0.15, -0.1) is 6.58 Å². The van der Waals surface area contributed by atoms with E-state index in [4.69, 9.17) is 17.2 Å². The fourth-order valence-electron chi connectivity index (χ4n) is 2.05. The van der Waals surface area contributed by atoms with Gasteiger partial charge in [0, 0.05) is 11.4 Å². The fraction of sp³-hybridized carbons (Fsp3) is 0.529. The highest BCUT2D eigenvalue weighted by Crippen LogP contribution is 2.29. The maximum absolute atomic E-state index is 6.14. The van der Waals surface area contributed by atoms with Crippen LogP contribution in [0, 0.1) is 17.8 Å². The molecule has 0 aliphatic carbocycles. The summed E-state index contributed by atoms with van der Waals surface area (Å²) < 4.78 is 0. The van der Waals surface area contributed by atoms with Crippen LogP contribution in [0.3, 0.4) is 0 Å². The predicted molar refractivity (Wildman–Crippen MR) is 89.4 cm³/mol. The lowest BCUT2D eigenvalue weighted by molar-refractivity contribution is 0.435. The quantitative estimate of drug-likeness (QED) is 0.470. The zero-order chi connectivity index (χ0) is 15.9. The summed E-state index contributed by atoms with van der Waals surface area (Å²) >= 11 is 0. The summed E-state index contributed by atoms with van der Waals surface area (Å²) in [5.74, 6) is 1.20. The van der Waals surface area contributed by atoms with Gasteiger partial charge in [0.05, 0.1) is 5.70 Å². The molecule has 0 amide bonds.